The van der Waals surface area contributed by atoms with Gasteiger partial charge in [0.15, 0.2) is 5.65 Å². The molecule has 0 bridgehead atoms. The van der Waals surface area contributed by atoms with Gasteiger partial charge in [0.05, 0.1) is 11.6 Å². The molecule has 1 aromatic carbocycles. The van der Waals surface area contributed by atoms with Crippen molar-refractivity contribution >= 4 is 34.2 Å². The number of H-pyrrole nitrogens is 1. The van der Waals surface area contributed by atoms with Gasteiger partial charge >= 0.3 is 0 Å². The number of nitrogens with one attached hydrogen (secondary N) is 3. The van der Waals surface area contributed by atoms with E-state index in [4.69, 9.17) is 0 Å². The van der Waals surface area contributed by atoms with E-state index in [0.29, 0.717) is 11.6 Å². The van der Waals surface area contributed by atoms with Crippen molar-refractivity contribution in [1.82, 2.24) is 20.2 Å². The van der Waals surface area contributed by atoms with E-state index >= 15 is 0 Å². The van der Waals surface area contributed by atoms with E-state index in [2.05, 4.69) is 47.8 Å². The smallest absolute Gasteiger partial charge is 0.226 e. The molecule has 0 fully saturated rings. The lowest BCUT2D eigenvalue weighted by atomic mass is 10.2. The summed E-state index contributed by atoms with van der Waals surface area (Å²) < 4.78 is 0. The molecular weight excluding hydrogens is 266 g/mol. The Morgan fingerprint density at radius 1 is 1.10 bits per heavy atom. The average Bonchev–Trinajstić information content (AvgIpc) is 2.96. The van der Waals surface area contributed by atoms with E-state index in [0.717, 1.165) is 22.6 Å². The maximum absolute atomic E-state index is 4.44. The zero-order valence-corrected chi connectivity index (χ0v) is 12.2. The largest absolute Gasteiger partial charge is 0.378 e. The molecule has 0 aliphatic heterocycles. The fourth-order valence-corrected chi connectivity index (χ4v) is 2.02. The van der Waals surface area contributed by atoms with Crippen molar-refractivity contribution in [1.29, 1.82) is 0 Å². The molecule has 0 amide bonds. The molecule has 0 aliphatic rings. The fraction of sp³-hybridized carbons (Fsp3) is 0.214. The summed E-state index contributed by atoms with van der Waals surface area (Å²) in [5.74, 6) is 1.26. The van der Waals surface area contributed by atoms with Gasteiger partial charge in [0.1, 0.15) is 5.82 Å². The SMILES string of the molecule is CNc1nc(Nc2ccc(N(C)C)cc2)c2cn[nH]c2n1. The van der Waals surface area contributed by atoms with Crippen LogP contribution in [0.15, 0.2) is 30.5 Å². The highest BCUT2D eigenvalue weighted by atomic mass is 15.2. The Labute approximate surface area is 122 Å². The van der Waals surface area contributed by atoms with Crippen molar-refractivity contribution in [3.63, 3.8) is 0 Å². The van der Waals surface area contributed by atoms with Crippen LogP contribution in [0, 0.1) is 0 Å². The summed E-state index contributed by atoms with van der Waals surface area (Å²) in [6, 6.07) is 8.13. The molecule has 21 heavy (non-hydrogen) atoms. The maximum atomic E-state index is 4.44. The molecule has 0 atom stereocenters. The molecule has 7 heteroatoms. The van der Waals surface area contributed by atoms with Gasteiger partial charge in [0.25, 0.3) is 0 Å². The number of aromatic nitrogens is 4. The molecule has 0 unspecified atom stereocenters. The molecule has 0 saturated heterocycles. The molecule has 0 aliphatic carbocycles. The van der Waals surface area contributed by atoms with Gasteiger partial charge in [0.2, 0.25) is 5.95 Å². The quantitative estimate of drug-likeness (QED) is 0.681. The highest BCUT2D eigenvalue weighted by molar-refractivity contribution is 5.89. The van der Waals surface area contributed by atoms with Crippen LogP contribution in [-0.2, 0) is 0 Å². The highest BCUT2D eigenvalue weighted by Crippen LogP contribution is 2.24. The Hall–Kier alpha value is -2.83. The standard InChI is InChI=1S/C14H17N7/c1-15-14-18-12(11-8-16-20-13(11)19-14)17-9-4-6-10(7-5-9)21(2)3/h4-8H,1-3H3,(H3,15,16,17,18,19,20). The Kier molecular flexibility index (Phi) is 3.31. The lowest BCUT2D eigenvalue weighted by molar-refractivity contribution is 1.09. The lowest BCUT2D eigenvalue weighted by Gasteiger charge is -2.13. The number of anilines is 4. The molecule has 3 N–H and O–H groups in total. The number of hydrogen-bond donors (Lipinski definition) is 3. The van der Waals surface area contributed by atoms with Crippen LogP contribution in [0.3, 0.4) is 0 Å². The Morgan fingerprint density at radius 2 is 1.86 bits per heavy atom. The van der Waals surface area contributed by atoms with Crippen LogP contribution in [0.4, 0.5) is 23.1 Å². The number of hydrogen-bond acceptors (Lipinski definition) is 6. The second-order valence-electron chi connectivity index (χ2n) is 4.84. The van der Waals surface area contributed by atoms with Gasteiger partial charge in [0, 0.05) is 32.5 Å². The summed E-state index contributed by atoms with van der Waals surface area (Å²) in [6.45, 7) is 0. The number of rotatable bonds is 4. The number of benzene rings is 1. The maximum Gasteiger partial charge on any atom is 0.226 e. The molecule has 0 radical (unpaired) electrons. The van der Waals surface area contributed by atoms with Crippen LogP contribution in [0.2, 0.25) is 0 Å². The second kappa shape index (κ2) is 5.28. The van der Waals surface area contributed by atoms with Crippen molar-refractivity contribution < 1.29 is 0 Å². The molecule has 2 aromatic heterocycles. The Morgan fingerprint density at radius 3 is 2.52 bits per heavy atom. The second-order valence-corrected chi connectivity index (χ2v) is 4.84. The van der Waals surface area contributed by atoms with Crippen molar-refractivity contribution in [2.45, 2.75) is 0 Å². The van der Waals surface area contributed by atoms with Crippen molar-refractivity contribution in [3.05, 3.63) is 30.5 Å². The van der Waals surface area contributed by atoms with Crippen LogP contribution in [0.25, 0.3) is 11.0 Å². The van der Waals surface area contributed by atoms with E-state index < -0.39 is 0 Å². The molecule has 0 spiro atoms. The monoisotopic (exact) mass is 283 g/mol. The van der Waals surface area contributed by atoms with Gasteiger partial charge in [-0.3, -0.25) is 5.10 Å². The Balaban J connectivity index is 1.95. The highest BCUT2D eigenvalue weighted by Gasteiger charge is 2.09. The van der Waals surface area contributed by atoms with Gasteiger partial charge in [-0.2, -0.15) is 15.1 Å². The molecule has 3 aromatic rings. The minimum absolute atomic E-state index is 0.541. The summed E-state index contributed by atoms with van der Waals surface area (Å²) in [6.07, 6.45) is 1.71. The van der Waals surface area contributed by atoms with Crippen molar-refractivity contribution in [2.75, 3.05) is 36.7 Å². The molecule has 108 valence electrons. The summed E-state index contributed by atoms with van der Waals surface area (Å²) in [5, 5.41) is 14.0. The number of fused-ring (bicyclic) bond motifs is 1. The molecular formula is C14H17N7. The first kappa shape index (κ1) is 13.2. The third kappa shape index (κ3) is 2.58. The van der Waals surface area contributed by atoms with Crippen LogP contribution >= 0.6 is 0 Å². The minimum atomic E-state index is 0.541. The summed E-state index contributed by atoms with van der Waals surface area (Å²) in [4.78, 5) is 10.8. The van der Waals surface area contributed by atoms with Gasteiger partial charge < -0.3 is 15.5 Å². The predicted octanol–water partition coefficient (Wildman–Crippen LogP) is 2.20. The number of aromatic amines is 1. The summed E-state index contributed by atoms with van der Waals surface area (Å²) in [7, 11) is 5.81. The summed E-state index contributed by atoms with van der Waals surface area (Å²) in [5.41, 5.74) is 2.80. The third-order valence-corrected chi connectivity index (χ3v) is 3.18. The molecule has 7 nitrogen and oxygen atoms in total. The van der Waals surface area contributed by atoms with E-state index in [1.807, 2.05) is 26.2 Å². The first-order chi connectivity index (χ1) is 10.2. The average molecular weight is 283 g/mol. The normalized spacial score (nSPS) is 10.6. The van der Waals surface area contributed by atoms with E-state index in [1.165, 1.54) is 0 Å². The van der Waals surface area contributed by atoms with Crippen molar-refractivity contribution in [2.24, 2.45) is 0 Å². The Bertz CT molecular complexity index is 746. The van der Waals surface area contributed by atoms with Crippen LogP contribution in [-0.4, -0.2) is 41.3 Å². The first-order valence-electron chi connectivity index (χ1n) is 6.60. The zero-order chi connectivity index (χ0) is 14.8. The van der Waals surface area contributed by atoms with Crippen LogP contribution in [0.1, 0.15) is 0 Å². The minimum Gasteiger partial charge on any atom is -0.378 e. The summed E-state index contributed by atoms with van der Waals surface area (Å²) >= 11 is 0. The van der Waals surface area contributed by atoms with E-state index in [-0.39, 0.29) is 0 Å². The lowest BCUT2D eigenvalue weighted by Crippen LogP contribution is -2.08. The van der Waals surface area contributed by atoms with Gasteiger partial charge in [-0.05, 0) is 24.3 Å². The molecule has 0 saturated carbocycles. The fourth-order valence-electron chi connectivity index (χ4n) is 2.02. The molecule has 2 heterocycles. The van der Waals surface area contributed by atoms with Crippen LogP contribution in [0.5, 0.6) is 0 Å². The predicted molar refractivity (Wildman–Crippen MR) is 85.3 cm³/mol. The first-order valence-corrected chi connectivity index (χ1v) is 6.60. The topological polar surface area (TPSA) is 81.8 Å². The zero-order valence-electron chi connectivity index (χ0n) is 12.2. The van der Waals surface area contributed by atoms with Crippen molar-refractivity contribution in [3.8, 4) is 0 Å². The third-order valence-electron chi connectivity index (χ3n) is 3.18. The van der Waals surface area contributed by atoms with Gasteiger partial charge in [-0.25, -0.2) is 0 Å². The van der Waals surface area contributed by atoms with Crippen LogP contribution < -0.4 is 15.5 Å². The number of nitrogens with zero attached hydrogens (tertiary/aromatic N) is 4. The van der Waals surface area contributed by atoms with E-state index in [9.17, 15) is 0 Å². The van der Waals surface area contributed by atoms with E-state index in [1.54, 1.807) is 13.2 Å². The van der Waals surface area contributed by atoms with Gasteiger partial charge in [-0.1, -0.05) is 0 Å². The van der Waals surface area contributed by atoms with Gasteiger partial charge in [-0.15, -0.1) is 0 Å². The molecule has 3 rings (SSSR count).